The number of hydrogen-bond acceptors (Lipinski definition) is 5. The van der Waals surface area contributed by atoms with Gasteiger partial charge in [-0.15, -0.1) is 10.2 Å². The van der Waals surface area contributed by atoms with Gasteiger partial charge in [-0.2, -0.15) is 5.26 Å². The molecule has 0 saturated carbocycles. The summed E-state index contributed by atoms with van der Waals surface area (Å²) in [6, 6.07) is 20.9. The fourth-order valence-electron chi connectivity index (χ4n) is 4.01. The summed E-state index contributed by atoms with van der Waals surface area (Å²) in [6.07, 6.45) is 4.31. The number of nitrogens with zero attached hydrogens (tertiary/aromatic N) is 5. The zero-order chi connectivity index (χ0) is 21.2. The molecule has 0 aliphatic carbocycles. The molecule has 154 valence electrons. The van der Waals surface area contributed by atoms with Crippen LogP contribution in [0.4, 0.5) is 5.69 Å². The zero-order valence-electron chi connectivity index (χ0n) is 16.8. The number of benzene rings is 2. The predicted octanol–water partition coefficient (Wildman–Crippen LogP) is 6.21. The van der Waals surface area contributed by atoms with Gasteiger partial charge in [-0.05, 0) is 42.7 Å². The highest BCUT2D eigenvalue weighted by Crippen LogP contribution is 2.46. The first-order valence-corrected chi connectivity index (χ1v) is 12.0. The molecule has 5 rings (SSSR count). The van der Waals surface area contributed by atoms with E-state index in [0.29, 0.717) is 11.4 Å². The summed E-state index contributed by atoms with van der Waals surface area (Å²) in [5, 5.41) is 22.1. The first kappa shape index (κ1) is 20.1. The van der Waals surface area contributed by atoms with E-state index in [1.165, 1.54) is 6.42 Å². The minimum Gasteiger partial charge on any atom is -0.310 e. The van der Waals surface area contributed by atoms with Crippen LogP contribution in [0.1, 0.15) is 36.5 Å². The number of halogens is 1. The predicted molar refractivity (Wildman–Crippen MR) is 129 cm³/mol. The van der Waals surface area contributed by atoms with Crippen molar-refractivity contribution in [3.63, 3.8) is 0 Å². The minimum atomic E-state index is 0.567. The minimum absolute atomic E-state index is 0.567. The highest BCUT2D eigenvalue weighted by molar-refractivity contribution is 9.10. The van der Waals surface area contributed by atoms with Gasteiger partial charge in [0.25, 0.3) is 0 Å². The Morgan fingerprint density at radius 2 is 1.81 bits per heavy atom. The quantitative estimate of drug-likeness (QED) is 0.409. The number of hydrogen-bond donors (Lipinski definition) is 0. The van der Waals surface area contributed by atoms with Gasteiger partial charge in [-0.1, -0.05) is 64.4 Å². The van der Waals surface area contributed by atoms with Crippen molar-refractivity contribution in [2.75, 3.05) is 4.90 Å². The van der Waals surface area contributed by atoms with Gasteiger partial charge >= 0.3 is 0 Å². The van der Waals surface area contributed by atoms with E-state index in [-0.39, 0.29) is 0 Å². The summed E-state index contributed by atoms with van der Waals surface area (Å²) in [5.74, 6) is 1.66. The van der Waals surface area contributed by atoms with Crippen molar-refractivity contribution in [1.29, 1.82) is 5.26 Å². The third kappa shape index (κ3) is 3.82. The molecule has 0 atom stereocenters. The lowest BCUT2D eigenvalue weighted by atomic mass is 10.1. The molecular formula is C24H20BrN5S. The smallest absolute Gasteiger partial charge is 0.177 e. The van der Waals surface area contributed by atoms with Gasteiger partial charge in [0.1, 0.15) is 22.5 Å². The van der Waals surface area contributed by atoms with E-state index in [9.17, 15) is 5.26 Å². The molecule has 0 spiro atoms. The van der Waals surface area contributed by atoms with E-state index in [1.807, 2.05) is 30.3 Å². The molecule has 0 N–H and O–H groups in total. The van der Waals surface area contributed by atoms with E-state index in [4.69, 9.17) is 0 Å². The topological polar surface area (TPSA) is 57.7 Å². The maximum absolute atomic E-state index is 10.2. The van der Waals surface area contributed by atoms with Crippen molar-refractivity contribution in [2.24, 2.45) is 0 Å². The van der Waals surface area contributed by atoms with Gasteiger partial charge < -0.3 is 9.47 Å². The summed E-state index contributed by atoms with van der Waals surface area (Å²) in [4.78, 5) is 2.16. The van der Waals surface area contributed by atoms with E-state index in [2.05, 4.69) is 71.3 Å². The molecule has 2 aromatic carbocycles. The standard InChI is InChI=1S/C24H20BrN5S/c25-18-12-10-17(11-13-18)21-16-31-24(30(21)19-7-3-1-4-8-19)20(15-26)23-28-27-22-9-5-2-6-14-29(22)23/h1,3-4,7-8,10-13,16H,2,5-6,9,14H2/b24-20+. The van der Waals surface area contributed by atoms with Crippen molar-refractivity contribution in [2.45, 2.75) is 32.2 Å². The molecule has 3 heterocycles. The lowest BCUT2D eigenvalue weighted by Gasteiger charge is -2.25. The lowest BCUT2D eigenvalue weighted by Crippen LogP contribution is -2.18. The SMILES string of the molecule is N#C/C(=C1\SC=C(c2ccc(Br)cc2)N1c1ccccc1)c1nnc2n1CCCCC2. The summed E-state index contributed by atoms with van der Waals surface area (Å²) in [7, 11) is 0. The Kier molecular flexibility index (Phi) is 5.66. The highest BCUT2D eigenvalue weighted by Gasteiger charge is 2.30. The van der Waals surface area contributed by atoms with Crippen LogP contribution in [-0.4, -0.2) is 14.8 Å². The molecule has 0 bridgehead atoms. The van der Waals surface area contributed by atoms with Crippen LogP contribution < -0.4 is 4.90 Å². The second-order valence-corrected chi connectivity index (χ2v) is 9.27. The Bertz CT molecular complexity index is 1210. The van der Waals surface area contributed by atoms with Crippen molar-refractivity contribution in [3.05, 3.63) is 86.7 Å². The molecule has 2 aliphatic heterocycles. The number of aryl methyl sites for hydroxylation is 1. The van der Waals surface area contributed by atoms with E-state index < -0.39 is 0 Å². The number of thioether (sulfide) groups is 1. The van der Waals surface area contributed by atoms with Crippen molar-refractivity contribution >= 4 is 44.6 Å². The second kappa shape index (κ2) is 8.74. The van der Waals surface area contributed by atoms with Crippen LogP contribution in [0.3, 0.4) is 0 Å². The van der Waals surface area contributed by atoms with Gasteiger partial charge in [0, 0.05) is 28.5 Å². The Morgan fingerprint density at radius 3 is 2.58 bits per heavy atom. The molecule has 5 nitrogen and oxygen atoms in total. The first-order chi connectivity index (χ1) is 15.3. The normalized spacial score (nSPS) is 17.5. The molecule has 31 heavy (non-hydrogen) atoms. The van der Waals surface area contributed by atoms with Gasteiger partial charge in [-0.25, -0.2) is 0 Å². The zero-order valence-corrected chi connectivity index (χ0v) is 19.2. The molecule has 0 radical (unpaired) electrons. The van der Waals surface area contributed by atoms with Crippen molar-refractivity contribution < 1.29 is 0 Å². The van der Waals surface area contributed by atoms with Crippen LogP contribution in [0.15, 0.2) is 69.5 Å². The lowest BCUT2D eigenvalue weighted by molar-refractivity contribution is 0.627. The monoisotopic (exact) mass is 489 g/mol. The fourth-order valence-corrected chi connectivity index (χ4v) is 5.30. The average molecular weight is 490 g/mol. The van der Waals surface area contributed by atoms with E-state index in [0.717, 1.165) is 58.1 Å². The van der Waals surface area contributed by atoms with Gasteiger partial charge in [0.05, 0.1) is 5.70 Å². The third-order valence-corrected chi connectivity index (χ3v) is 7.02. The van der Waals surface area contributed by atoms with Gasteiger partial charge in [0.2, 0.25) is 0 Å². The van der Waals surface area contributed by atoms with Crippen molar-refractivity contribution in [1.82, 2.24) is 14.8 Å². The molecule has 0 fully saturated rings. The van der Waals surface area contributed by atoms with Crippen LogP contribution in [0.5, 0.6) is 0 Å². The summed E-state index contributed by atoms with van der Waals surface area (Å²) >= 11 is 5.09. The summed E-state index contributed by atoms with van der Waals surface area (Å²) in [5.41, 5.74) is 3.71. The number of para-hydroxylation sites is 1. The average Bonchev–Trinajstić information content (AvgIpc) is 3.33. The Morgan fingerprint density at radius 1 is 1.00 bits per heavy atom. The molecule has 0 saturated heterocycles. The summed E-state index contributed by atoms with van der Waals surface area (Å²) < 4.78 is 3.17. The number of anilines is 1. The van der Waals surface area contributed by atoms with Crippen LogP contribution in [0.25, 0.3) is 11.3 Å². The van der Waals surface area contributed by atoms with Gasteiger partial charge in [0.15, 0.2) is 5.82 Å². The molecule has 7 heteroatoms. The van der Waals surface area contributed by atoms with Crippen LogP contribution >= 0.6 is 27.7 Å². The Labute approximate surface area is 194 Å². The number of rotatable bonds is 3. The fraction of sp³-hybridized carbons (Fsp3) is 0.208. The van der Waals surface area contributed by atoms with E-state index in [1.54, 1.807) is 11.8 Å². The maximum atomic E-state index is 10.2. The number of fused-ring (bicyclic) bond motifs is 1. The largest absolute Gasteiger partial charge is 0.310 e. The van der Waals surface area contributed by atoms with Crippen LogP contribution in [0.2, 0.25) is 0 Å². The molecule has 0 amide bonds. The van der Waals surface area contributed by atoms with Crippen molar-refractivity contribution in [3.8, 4) is 6.07 Å². The number of allylic oxidation sites excluding steroid dienone is 1. The Hall–Kier alpha value is -2.82. The number of aromatic nitrogens is 3. The molecule has 1 aromatic heterocycles. The van der Waals surface area contributed by atoms with Crippen LogP contribution in [-0.2, 0) is 13.0 Å². The number of nitriles is 1. The summed E-state index contributed by atoms with van der Waals surface area (Å²) in [6.45, 7) is 0.860. The molecule has 3 aromatic rings. The second-order valence-electron chi connectivity index (χ2n) is 7.49. The first-order valence-electron chi connectivity index (χ1n) is 10.3. The molecule has 2 aliphatic rings. The van der Waals surface area contributed by atoms with Crippen LogP contribution in [0, 0.1) is 11.3 Å². The highest BCUT2D eigenvalue weighted by atomic mass is 79.9. The third-order valence-electron chi connectivity index (χ3n) is 5.54. The Balaban J connectivity index is 1.65. The van der Waals surface area contributed by atoms with Gasteiger partial charge in [-0.3, -0.25) is 0 Å². The molecular weight excluding hydrogens is 470 g/mol. The molecule has 0 unspecified atom stereocenters. The van der Waals surface area contributed by atoms with E-state index >= 15 is 0 Å². The maximum Gasteiger partial charge on any atom is 0.177 e.